The van der Waals surface area contributed by atoms with Crippen LogP contribution in [-0.4, -0.2) is 15.0 Å². The van der Waals surface area contributed by atoms with E-state index in [2.05, 4.69) is 36.3 Å². The van der Waals surface area contributed by atoms with Gasteiger partial charge in [0.2, 0.25) is 0 Å². The van der Waals surface area contributed by atoms with Crippen molar-refractivity contribution in [3.05, 3.63) is 33.8 Å². The minimum atomic E-state index is 0.895. The van der Waals surface area contributed by atoms with Crippen molar-refractivity contribution >= 4 is 11.3 Å². The van der Waals surface area contributed by atoms with E-state index >= 15 is 0 Å². The van der Waals surface area contributed by atoms with Crippen LogP contribution in [0.5, 0.6) is 0 Å². The Morgan fingerprint density at radius 2 is 1.88 bits per heavy atom. The minimum absolute atomic E-state index is 0.895. The van der Waals surface area contributed by atoms with Crippen molar-refractivity contribution in [2.45, 2.75) is 46.1 Å². The summed E-state index contributed by atoms with van der Waals surface area (Å²) in [6.45, 7) is 5.20. The number of aromatic nitrogens is 3. The Kier molecular flexibility index (Phi) is 4.31. The highest BCUT2D eigenvalue weighted by atomic mass is 32.1. The van der Waals surface area contributed by atoms with E-state index in [9.17, 15) is 0 Å². The third-order valence-electron chi connectivity index (χ3n) is 2.75. The first kappa shape index (κ1) is 12.3. The molecule has 0 fully saturated rings. The maximum absolute atomic E-state index is 4.16. The van der Waals surface area contributed by atoms with Gasteiger partial charge in [0.05, 0.1) is 5.69 Å². The molecule has 0 spiro atoms. The number of nitrogens with zero attached hydrogens (tertiary/aromatic N) is 3. The van der Waals surface area contributed by atoms with Crippen LogP contribution in [0.25, 0.3) is 0 Å². The fourth-order valence-corrected chi connectivity index (χ4v) is 2.92. The van der Waals surface area contributed by atoms with Gasteiger partial charge in [-0.05, 0) is 38.3 Å². The molecule has 0 unspecified atom stereocenters. The molecule has 0 aromatic carbocycles. The largest absolute Gasteiger partial charge is 0.253 e. The molecule has 0 aliphatic carbocycles. The molecule has 0 bridgehead atoms. The van der Waals surface area contributed by atoms with Gasteiger partial charge in [0, 0.05) is 22.5 Å². The van der Waals surface area contributed by atoms with Gasteiger partial charge < -0.3 is 0 Å². The minimum Gasteiger partial charge on any atom is -0.253 e. The first-order valence-corrected chi connectivity index (χ1v) is 7.10. The maximum Gasteiger partial charge on any atom is 0.0830 e. The number of aryl methyl sites for hydroxylation is 4. The molecule has 0 aliphatic heterocycles. The first-order chi connectivity index (χ1) is 8.31. The van der Waals surface area contributed by atoms with Gasteiger partial charge in [0.15, 0.2) is 0 Å². The average Bonchev–Trinajstić information content (AvgIpc) is 2.95. The monoisotopic (exact) mass is 249 g/mol. The Balaban J connectivity index is 1.88. The first-order valence-electron chi connectivity index (χ1n) is 6.28. The van der Waals surface area contributed by atoms with E-state index in [4.69, 9.17) is 0 Å². The van der Waals surface area contributed by atoms with Crippen LogP contribution in [-0.2, 0) is 25.8 Å². The Bertz CT molecular complexity index is 459. The van der Waals surface area contributed by atoms with Crippen LogP contribution in [0.2, 0.25) is 0 Å². The van der Waals surface area contributed by atoms with Gasteiger partial charge in [-0.2, -0.15) is 0 Å². The second-order valence-electron chi connectivity index (χ2n) is 4.18. The highest BCUT2D eigenvalue weighted by molar-refractivity contribution is 7.11. The Morgan fingerprint density at radius 3 is 2.53 bits per heavy atom. The van der Waals surface area contributed by atoms with Crippen LogP contribution in [0, 0.1) is 0 Å². The highest BCUT2D eigenvalue weighted by Gasteiger charge is 2.03. The third kappa shape index (κ3) is 3.40. The number of hydrogen-bond donors (Lipinski definition) is 0. The maximum atomic E-state index is 4.16. The summed E-state index contributed by atoms with van der Waals surface area (Å²) in [5.41, 5.74) is 1.09. The molecule has 0 saturated carbocycles. The fourth-order valence-electron chi connectivity index (χ4n) is 1.80. The molecular weight excluding hydrogens is 230 g/mol. The lowest BCUT2D eigenvalue weighted by Crippen LogP contribution is -1.93. The lowest BCUT2D eigenvalue weighted by molar-refractivity contribution is 0.626. The van der Waals surface area contributed by atoms with Gasteiger partial charge in [0.1, 0.15) is 0 Å². The molecule has 0 N–H and O–H groups in total. The van der Waals surface area contributed by atoms with E-state index in [1.807, 2.05) is 22.2 Å². The highest BCUT2D eigenvalue weighted by Crippen LogP contribution is 2.19. The molecule has 2 aromatic rings. The van der Waals surface area contributed by atoms with E-state index in [-0.39, 0.29) is 0 Å². The van der Waals surface area contributed by atoms with E-state index in [1.165, 1.54) is 22.6 Å². The van der Waals surface area contributed by atoms with Crippen molar-refractivity contribution in [2.75, 3.05) is 0 Å². The van der Waals surface area contributed by atoms with Crippen molar-refractivity contribution in [3.63, 3.8) is 0 Å². The molecule has 2 rings (SSSR count). The number of thiophene rings is 1. The summed E-state index contributed by atoms with van der Waals surface area (Å²) in [6, 6.07) is 4.51. The van der Waals surface area contributed by atoms with Gasteiger partial charge in [-0.3, -0.25) is 4.68 Å². The molecular formula is C13H19N3S. The summed E-state index contributed by atoms with van der Waals surface area (Å²) in [5.74, 6) is 0. The number of hydrogen-bond acceptors (Lipinski definition) is 3. The normalized spacial score (nSPS) is 10.9. The van der Waals surface area contributed by atoms with E-state index in [0.29, 0.717) is 0 Å². The zero-order chi connectivity index (χ0) is 12.1. The quantitative estimate of drug-likeness (QED) is 0.787. The van der Waals surface area contributed by atoms with Crippen molar-refractivity contribution < 1.29 is 0 Å². The van der Waals surface area contributed by atoms with E-state index in [1.54, 1.807) is 0 Å². The lowest BCUT2D eigenvalue weighted by atomic mass is 10.2. The van der Waals surface area contributed by atoms with Crippen LogP contribution in [0.15, 0.2) is 18.3 Å². The summed E-state index contributed by atoms with van der Waals surface area (Å²) in [5, 5.41) is 8.21. The molecule has 92 valence electrons. The Labute approximate surface area is 106 Å². The predicted octanol–water partition coefficient (Wildman–Crippen LogP) is 3.10. The van der Waals surface area contributed by atoms with Gasteiger partial charge in [0.25, 0.3) is 0 Å². The Hall–Kier alpha value is -1.16. The van der Waals surface area contributed by atoms with E-state index in [0.717, 1.165) is 25.1 Å². The van der Waals surface area contributed by atoms with E-state index < -0.39 is 0 Å². The van der Waals surface area contributed by atoms with Crippen molar-refractivity contribution in [2.24, 2.45) is 0 Å². The van der Waals surface area contributed by atoms with Crippen LogP contribution in [0.3, 0.4) is 0 Å². The standard InChI is InChI=1S/C13H19N3S/c1-3-5-12-8-9-13(17-12)7-6-11-10-16(4-2)15-14-11/h8-10H,3-7H2,1-2H3. The molecule has 0 atom stereocenters. The molecule has 0 saturated heterocycles. The summed E-state index contributed by atoms with van der Waals surface area (Å²) in [6.07, 6.45) is 6.55. The van der Waals surface area contributed by atoms with Crippen molar-refractivity contribution in [1.29, 1.82) is 0 Å². The second kappa shape index (κ2) is 5.96. The van der Waals surface area contributed by atoms with Crippen LogP contribution in [0.4, 0.5) is 0 Å². The predicted molar refractivity (Wildman–Crippen MR) is 71.4 cm³/mol. The van der Waals surface area contributed by atoms with Gasteiger partial charge in [-0.15, -0.1) is 16.4 Å². The average molecular weight is 249 g/mol. The van der Waals surface area contributed by atoms with Gasteiger partial charge >= 0.3 is 0 Å². The molecule has 0 amide bonds. The van der Waals surface area contributed by atoms with Crippen molar-refractivity contribution in [1.82, 2.24) is 15.0 Å². The topological polar surface area (TPSA) is 30.7 Å². The molecule has 2 aromatic heterocycles. The summed E-state index contributed by atoms with van der Waals surface area (Å²) < 4.78 is 1.88. The zero-order valence-corrected chi connectivity index (χ0v) is 11.3. The lowest BCUT2D eigenvalue weighted by Gasteiger charge is -1.94. The number of rotatable bonds is 6. The molecule has 0 radical (unpaired) electrons. The summed E-state index contributed by atoms with van der Waals surface area (Å²) in [4.78, 5) is 2.96. The van der Waals surface area contributed by atoms with Crippen molar-refractivity contribution in [3.8, 4) is 0 Å². The molecule has 17 heavy (non-hydrogen) atoms. The van der Waals surface area contributed by atoms with Crippen LogP contribution in [0.1, 0.15) is 35.7 Å². The summed E-state index contributed by atoms with van der Waals surface area (Å²) >= 11 is 1.93. The Morgan fingerprint density at radius 1 is 1.12 bits per heavy atom. The molecule has 4 heteroatoms. The van der Waals surface area contributed by atoms with Crippen LogP contribution < -0.4 is 0 Å². The van der Waals surface area contributed by atoms with Crippen LogP contribution >= 0.6 is 11.3 Å². The smallest absolute Gasteiger partial charge is 0.0830 e. The second-order valence-corrected chi connectivity index (χ2v) is 5.44. The SMILES string of the molecule is CCCc1ccc(CCc2cn(CC)nn2)s1. The molecule has 2 heterocycles. The van der Waals surface area contributed by atoms with Gasteiger partial charge in [-0.1, -0.05) is 18.6 Å². The molecule has 3 nitrogen and oxygen atoms in total. The zero-order valence-electron chi connectivity index (χ0n) is 10.5. The molecule has 0 aliphatic rings. The fraction of sp³-hybridized carbons (Fsp3) is 0.538. The summed E-state index contributed by atoms with van der Waals surface area (Å²) in [7, 11) is 0. The van der Waals surface area contributed by atoms with Gasteiger partial charge in [-0.25, -0.2) is 0 Å². The third-order valence-corrected chi connectivity index (χ3v) is 3.96.